The van der Waals surface area contributed by atoms with Gasteiger partial charge in [-0.1, -0.05) is 30.3 Å². The zero-order chi connectivity index (χ0) is 13.6. The zero-order valence-corrected chi connectivity index (χ0v) is 10.9. The van der Waals surface area contributed by atoms with Crippen LogP contribution >= 0.6 is 0 Å². The Morgan fingerprint density at radius 2 is 2.05 bits per heavy atom. The highest BCUT2D eigenvalue weighted by Crippen LogP contribution is 2.57. The van der Waals surface area contributed by atoms with Crippen molar-refractivity contribution in [2.24, 2.45) is 5.92 Å². The molecule has 1 heterocycles. The lowest BCUT2D eigenvalue weighted by Crippen LogP contribution is -2.77. The maximum atomic E-state index is 13.6. The minimum absolute atomic E-state index is 0.00216. The highest BCUT2D eigenvalue weighted by atomic mass is 19.3. The average molecular weight is 265 g/mol. The number of fused-ring (bicyclic) bond motifs is 1. The van der Waals surface area contributed by atoms with Gasteiger partial charge in [-0.25, -0.2) is 8.78 Å². The number of hydrogen-bond acceptors (Lipinski definition) is 2. The van der Waals surface area contributed by atoms with Crippen molar-refractivity contribution >= 4 is 5.78 Å². The topological polar surface area (TPSA) is 20.3 Å². The molecular formula is C15H17F2NO. The summed E-state index contributed by atoms with van der Waals surface area (Å²) < 4.78 is 27.1. The number of alkyl halides is 2. The number of carbonyl (C=O) groups excluding carboxylic acids is 1. The Labute approximate surface area is 111 Å². The van der Waals surface area contributed by atoms with Gasteiger partial charge >= 0.3 is 0 Å². The summed E-state index contributed by atoms with van der Waals surface area (Å²) in [5.74, 6) is -2.49. The van der Waals surface area contributed by atoms with Crippen LogP contribution < -0.4 is 0 Å². The van der Waals surface area contributed by atoms with Crippen LogP contribution in [0.15, 0.2) is 30.3 Å². The number of benzene rings is 1. The summed E-state index contributed by atoms with van der Waals surface area (Å²) in [6.07, 6.45) is 0.338. The number of rotatable bonds is 4. The lowest BCUT2D eigenvalue weighted by molar-refractivity contribution is -0.278. The predicted molar refractivity (Wildman–Crippen MR) is 67.9 cm³/mol. The number of piperidine rings is 1. The minimum Gasteiger partial charge on any atom is -0.300 e. The van der Waals surface area contributed by atoms with Crippen LogP contribution in [0.4, 0.5) is 8.78 Å². The van der Waals surface area contributed by atoms with Gasteiger partial charge < -0.3 is 0 Å². The Balaban J connectivity index is 1.74. The molecule has 3 atom stereocenters. The first-order valence-corrected chi connectivity index (χ1v) is 6.66. The first-order chi connectivity index (χ1) is 8.99. The molecule has 0 radical (unpaired) electrons. The monoisotopic (exact) mass is 265 g/mol. The normalized spacial score (nSPS) is 32.1. The van der Waals surface area contributed by atoms with Crippen LogP contribution in [0.5, 0.6) is 0 Å². The van der Waals surface area contributed by atoms with Crippen LogP contribution in [0.1, 0.15) is 25.3 Å². The van der Waals surface area contributed by atoms with E-state index in [0.29, 0.717) is 13.0 Å². The molecule has 0 bridgehead atoms. The van der Waals surface area contributed by atoms with E-state index in [9.17, 15) is 13.6 Å². The average Bonchev–Trinajstić information content (AvgIpc) is 2.34. The molecule has 1 aromatic rings. The van der Waals surface area contributed by atoms with Crippen molar-refractivity contribution in [3.8, 4) is 0 Å². The number of ketones is 1. The Bertz CT molecular complexity index is 488. The Kier molecular flexibility index (Phi) is 2.93. The molecule has 0 spiro atoms. The fourth-order valence-corrected chi connectivity index (χ4v) is 3.46. The summed E-state index contributed by atoms with van der Waals surface area (Å²) in [7, 11) is 0. The van der Waals surface area contributed by atoms with Crippen molar-refractivity contribution in [2.45, 2.75) is 44.3 Å². The molecule has 1 saturated heterocycles. The zero-order valence-electron chi connectivity index (χ0n) is 10.9. The van der Waals surface area contributed by atoms with Gasteiger partial charge in [0.15, 0.2) is 0 Å². The van der Waals surface area contributed by atoms with Gasteiger partial charge in [-0.05, 0) is 12.5 Å². The van der Waals surface area contributed by atoms with Crippen molar-refractivity contribution in [1.82, 2.24) is 4.90 Å². The highest BCUT2D eigenvalue weighted by molar-refractivity contribution is 5.76. The molecule has 0 aromatic heterocycles. The molecule has 1 aliphatic heterocycles. The second-order valence-corrected chi connectivity index (χ2v) is 5.71. The smallest absolute Gasteiger partial charge is 0.264 e. The molecule has 19 heavy (non-hydrogen) atoms. The highest BCUT2D eigenvalue weighted by Gasteiger charge is 2.69. The molecule has 1 aliphatic carbocycles. The molecule has 2 nitrogen and oxygen atoms in total. The third-order valence-electron chi connectivity index (χ3n) is 4.33. The largest absolute Gasteiger partial charge is 0.300 e. The molecule has 1 aromatic carbocycles. The molecular weight excluding hydrogens is 248 g/mol. The molecule has 3 rings (SSSR count). The summed E-state index contributed by atoms with van der Waals surface area (Å²) in [5.41, 5.74) is 1.03. The van der Waals surface area contributed by atoms with Gasteiger partial charge in [0, 0.05) is 31.3 Å². The predicted octanol–water partition coefficient (Wildman–Crippen LogP) is 2.87. The molecule has 3 unspecified atom stereocenters. The summed E-state index contributed by atoms with van der Waals surface area (Å²) >= 11 is 0. The van der Waals surface area contributed by atoms with Gasteiger partial charge in [-0.15, -0.1) is 0 Å². The van der Waals surface area contributed by atoms with E-state index in [-0.39, 0.29) is 24.2 Å². The minimum atomic E-state index is -2.58. The van der Waals surface area contributed by atoms with E-state index in [1.807, 2.05) is 35.2 Å². The molecule has 0 amide bonds. The standard InChI is InChI=1S/C15H17F2NO/c1-10(19)7-13-12-8-15(16,17)14(12)18(13)9-11-5-3-2-4-6-11/h2-6,12-14H,7-9H2,1H3. The summed E-state index contributed by atoms with van der Waals surface area (Å²) in [6.45, 7) is 2.04. The van der Waals surface area contributed by atoms with E-state index < -0.39 is 12.0 Å². The van der Waals surface area contributed by atoms with Gasteiger partial charge in [0.25, 0.3) is 5.92 Å². The van der Waals surface area contributed by atoms with Gasteiger partial charge in [0.1, 0.15) is 5.78 Å². The van der Waals surface area contributed by atoms with E-state index in [0.717, 1.165) is 5.56 Å². The molecule has 0 N–H and O–H groups in total. The van der Waals surface area contributed by atoms with Crippen LogP contribution in [0.3, 0.4) is 0 Å². The number of likely N-dealkylation sites (tertiary alicyclic amines) is 1. The van der Waals surface area contributed by atoms with Crippen molar-refractivity contribution < 1.29 is 13.6 Å². The van der Waals surface area contributed by atoms with E-state index >= 15 is 0 Å². The molecule has 102 valence electrons. The van der Waals surface area contributed by atoms with E-state index in [1.54, 1.807) is 0 Å². The maximum absolute atomic E-state index is 13.6. The first kappa shape index (κ1) is 12.7. The van der Waals surface area contributed by atoms with Crippen LogP contribution in [0.25, 0.3) is 0 Å². The Morgan fingerprint density at radius 3 is 2.63 bits per heavy atom. The SMILES string of the molecule is CC(=O)CC1C2CC(F)(F)C2N1Cc1ccccc1. The lowest BCUT2D eigenvalue weighted by atomic mass is 9.61. The van der Waals surface area contributed by atoms with E-state index in [2.05, 4.69) is 0 Å². The lowest BCUT2D eigenvalue weighted by Gasteiger charge is -2.65. The van der Waals surface area contributed by atoms with Crippen LogP contribution in [-0.4, -0.2) is 28.7 Å². The number of carbonyl (C=O) groups is 1. The number of halogens is 2. The molecule has 2 fully saturated rings. The van der Waals surface area contributed by atoms with Crippen LogP contribution in [0.2, 0.25) is 0 Å². The molecule has 2 aliphatic rings. The van der Waals surface area contributed by atoms with Gasteiger partial charge in [-0.3, -0.25) is 9.69 Å². The van der Waals surface area contributed by atoms with Crippen molar-refractivity contribution in [1.29, 1.82) is 0 Å². The fraction of sp³-hybridized carbons (Fsp3) is 0.533. The third kappa shape index (κ3) is 2.08. The quantitative estimate of drug-likeness (QED) is 0.834. The third-order valence-corrected chi connectivity index (χ3v) is 4.33. The van der Waals surface area contributed by atoms with Crippen LogP contribution in [-0.2, 0) is 11.3 Å². The van der Waals surface area contributed by atoms with Crippen molar-refractivity contribution in [2.75, 3.05) is 0 Å². The van der Waals surface area contributed by atoms with Gasteiger partial charge in [0.05, 0.1) is 6.04 Å². The first-order valence-electron chi connectivity index (χ1n) is 6.66. The Morgan fingerprint density at radius 1 is 1.37 bits per heavy atom. The van der Waals surface area contributed by atoms with Crippen molar-refractivity contribution in [3.05, 3.63) is 35.9 Å². The number of nitrogens with zero attached hydrogens (tertiary/aromatic N) is 1. The Hall–Kier alpha value is -1.29. The maximum Gasteiger partial charge on any atom is 0.264 e. The number of hydrogen-bond donors (Lipinski definition) is 0. The summed E-state index contributed by atoms with van der Waals surface area (Å²) in [4.78, 5) is 13.1. The van der Waals surface area contributed by atoms with Crippen LogP contribution in [0, 0.1) is 5.92 Å². The van der Waals surface area contributed by atoms with E-state index in [1.165, 1.54) is 6.92 Å². The van der Waals surface area contributed by atoms with Gasteiger partial charge in [0.2, 0.25) is 0 Å². The summed E-state index contributed by atoms with van der Waals surface area (Å²) in [6, 6.07) is 8.95. The fourth-order valence-electron chi connectivity index (χ4n) is 3.46. The van der Waals surface area contributed by atoms with E-state index in [4.69, 9.17) is 0 Å². The van der Waals surface area contributed by atoms with Gasteiger partial charge in [-0.2, -0.15) is 0 Å². The second-order valence-electron chi connectivity index (χ2n) is 5.71. The van der Waals surface area contributed by atoms with Crippen molar-refractivity contribution in [3.63, 3.8) is 0 Å². The number of Topliss-reactive ketones (excluding diaryl/α,β-unsaturated/α-hetero) is 1. The second kappa shape index (κ2) is 4.37. The molecule has 4 heteroatoms. The summed E-state index contributed by atoms with van der Waals surface area (Å²) in [5, 5.41) is 0. The molecule has 1 saturated carbocycles.